The predicted molar refractivity (Wildman–Crippen MR) is 75.6 cm³/mol. The Kier molecular flexibility index (Phi) is 8.99. The molecule has 2 atom stereocenters. The molecule has 0 saturated heterocycles. The summed E-state index contributed by atoms with van der Waals surface area (Å²) in [4.78, 5) is 0. The Morgan fingerprint density at radius 2 is 1.94 bits per heavy atom. The summed E-state index contributed by atoms with van der Waals surface area (Å²) >= 11 is 0. The lowest BCUT2D eigenvalue weighted by Crippen LogP contribution is -1.98. The van der Waals surface area contributed by atoms with Crippen LogP contribution in [0, 0.1) is 11.8 Å². The van der Waals surface area contributed by atoms with E-state index in [1.165, 1.54) is 19.3 Å². The second-order valence-corrected chi connectivity index (χ2v) is 4.86. The molecule has 0 aromatic carbocycles. The molecule has 0 radical (unpaired) electrons. The zero-order valence-corrected chi connectivity index (χ0v) is 11.3. The second kappa shape index (κ2) is 9.45. The maximum Gasteiger partial charge on any atom is -0.0262 e. The monoisotopic (exact) mass is 220 g/mol. The lowest BCUT2D eigenvalue weighted by Gasteiger charge is -2.14. The van der Waals surface area contributed by atoms with Crippen molar-refractivity contribution in [2.45, 2.75) is 52.9 Å². The smallest absolute Gasteiger partial charge is 0.0262 e. The molecule has 16 heavy (non-hydrogen) atoms. The van der Waals surface area contributed by atoms with Gasteiger partial charge in [0, 0.05) is 0 Å². The zero-order valence-electron chi connectivity index (χ0n) is 11.3. The van der Waals surface area contributed by atoms with Crippen molar-refractivity contribution in [2.24, 2.45) is 11.8 Å². The van der Waals surface area contributed by atoms with Gasteiger partial charge in [0.15, 0.2) is 0 Å². The molecule has 92 valence electrons. The quantitative estimate of drug-likeness (QED) is 0.448. The first kappa shape index (κ1) is 15.2. The van der Waals surface area contributed by atoms with Gasteiger partial charge in [-0.15, -0.1) is 13.2 Å². The summed E-state index contributed by atoms with van der Waals surface area (Å²) in [5, 5.41) is 0. The number of allylic oxidation sites excluding steroid dienone is 4. The van der Waals surface area contributed by atoms with Crippen molar-refractivity contribution in [3.63, 3.8) is 0 Å². The lowest BCUT2D eigenvalue weighted by molar-refractivity contribution is 0.552. The van der Waals surface area contributed by atoms with Crippen LogP contribution in [0.1, 0.15) is 52.9 Å². The Labute approximate surface area is 102 Å². The molecule has 0 aromatic rings. The van der Waals surface area contributed by atoms with Gasteiger partial charge < -0.3 is 0 Å². The minimum atomic E-state index is 0.634. The summed E-state index contributed by atoms with van der Waals surface area (Å²) in [5.74, 6) is 1.37. The minimum absolute atomic E-state index is 0.634. The van der Waals surface area contributed by atoms with Crippen LogP contribution in [0.3, 0.4) is 0 Å². The third kappa shape index (κ3) is 7.50. The van der Waals surface area contributed by atoms with E-state index >= 15 is 0 Å². The number of hydrogen-bond acceptors (Lipinski definition) is 0. The fourth-order valence-corrected chi connectivity index (χ4v) is 1.92. The van der Waals surface area contributed by atoms with Crippen LogP contribution in [0.15, 0.2) is 37.0 Å². The normalized spacial score (nSPS) is 15.6. The molecule has 0 bridgehead atoms. The van der Waals surface area contributed by atoms with E-state index in [1.54, 1.807) is 5.57 Å². The molecule has 0 heterocycles. The van der Waals surface area contributed by atoms with Crippen LogP contribution < -0.4 is 0 Å². The van der Waals surface area contributed by atoms with E-state index in [1.807, 2.05) is 6.08 Å². The Morgan fingerprint density at radius 3 is 2.44 bits per heavy atom. The van der Waals surface area contributed by atoms with Gasteiger partial charge in [0.1, 0.15) is 0 Å². The highest BCUT2D eigenvalue weighted by atomic mass is 14.1. The summed E-state index contributed by atoms with van der Waals surface area (Å²) < 4.78 is 0. The van der Waals surface area contributed by atoms with E-state index < -0.39 is 0 Å². The Hall–Kier alpha value is -0.780. The molecule has 2 unspecified atom stereocenters. The van der Waals surface area contributed by atoms with Gasteiger partial charge in [-0.2, -0.15) is 0 Å². The van der Waals surface area contributed by atoms with Gasteiger partial charge in [0.05, 0.1) is 0 Å². The van der Waals surface area contributed by atoms with Crippen LogP contribution >= 0.6 is 0 Å². The van der Waals surface area contributed by atoms with Crippen molar-refractivity contribution in [3.05, 3.63) is 37.0 Å². The highest BCUT2D eigenvalue weighted by molar-refractivity contribution is 5.03. The summed E-state index contributed by atoms with van der Waals surface area (Å²) in [6.45, 7) is 14.4. The maximum absolute atomic E-state index is 3.84. The predicted octanol–water partition coefficient (Wildman–Crippen LogP) is 5.53. The summed E-state index contributed by atoms with van der Waals surface area (Å²) in [6.07, 6.45) is 12.4. The molecule has 0 heteroatoms. The van der Waals surface area contributed by atoms with Crippen molar-refractivity contribution < 1.29 is 0 Å². The molecular weight excluding hydrogens is 192 g/mol. The van der Waals surface area contributed by atoms with Gasteiger partial charge in [-0.05, 0) is 43.9 Å². The summed E-state index contributed by atoms with van der Waals surface area (Å²) in [5.41, 5.74) is 1.62. The van der Waals surface area contributed by atoms with Crippen LogP contribution in [0.25, 0.3) is 0 Å². The molecule has 0 aliphatic rings. The van der Waals surface area contributed by atoms with Crippen LogP contribution in [0.5, 0.6) is 0 Å². The molecule has 0 nitrogen and oxygen atoms in total. The first-order valence-corrected chi connectivity index (χ1v) is 6.55. The van der Waals surface area contributed by atoms with Gasteiger partial charge in [-0.25, -0.2) is 0 Å². The van der Waals surface area contributed by atoms with Crippen LogP contribution in [-0.4, -0.2) is 0 Å². The molecule has 0 saturated carbocycles. The molecule has 0 aliphatic carbocycles. The Balaban J connectivity index is 4.12. The summed E-state index contributed by atoms with van der Waals surface area (Å²) in [7, 11) is 0. The zero-order chi connectivity index (χ0) is 12.4. The average molecular weight is 220 g/mol. The molecule has 0 aromatic heterocycles. The number of rotatable bonds is 9. The average Bonchev–Trinajstić information content (AvgIpc) is 2.26. The first-order valence-electron chi connectivity index (χ1n) is 6.55. The van der Waals surface area contributed by atoms with Crippen molar-refractivity contribution in [1.29, 1.82) is 0 Å². The van der Waals surface area contributed by atoms with E-state index in [0.29, 0.717) is 5.92 Å². The minimum Gasteiger partial charge on any atom is -0.103 e. The molecule has 0 aliphatic heterocycles. The van der Waals surface area contributed by atoms with Crippen LogP contribution in [0.4, 0.5) is 0 Å². The van der Waals surface area contributed by atoms with E-state index in [9.17, 15) is 0 Å². The lowest BCUT2D eigenvalue weighted by atomic mass is 9.92. The van der Waals surface area contributed by atoms with E-state index in [2.05, 4.69) is 46.1 Å². The Morgan fingerprint density at radius 1 is 1.25 bits per heavy atom. The van der Waals surface area contributed by atoms with Crippen LogP contribution in [0.2, 0.25) is 0 Å². The largest absolute Gasteiger partial charge is 0.103 e. The maximum atomic E-state index is 3.84. The second-order valence-electron chi connectivity index (χ2n) is 4.86. The van der Waals surface area contributed by atoms with Gasteiger partial charge in [0.2, 0.25) is 0 Å². The molecule has 0 fully saturated rings. The highest BCUT2D eigenvalue weighted by Gasteiger charge is 2.05. The van der Waals surface area contributed by atoms with Gasteiger partial charge in [0.25, 0.3) is 0 Å². The summed E-state index contributed by atoms with van der Waals surface area (Å²) in [6, 6.07) is 0. The van der Waals surface area contributed by atoms with Crippen molar-refractivity contribution >= 4 is 0 Å². The SMILES string of the molecule is C=CCC(C)CC(=CCC)CCC(C)C=C. The molecule has 0 amide bonds. The molecular formula is C16H28. The third-order valence-corrected chi connectivity index (χ3v) is 3.00. The molecule has 0 N–H and O–H groups in total. The standard InChI is InChI=1S/C16H28/c1-6-9-15(5)13-16(10-7-2)12-11-14(4)8-3/h6,8,10,14-15H,1,3,7,9,11-13H2,2,4-5H3. The number of hydrogen-bond donors (Lipinski definition) is 0. The van der Waals surface area contributed by atoms with Crippen LogP contribution in [-0.2, 0) is 0 Å². The third-order valence-electron chi connectivity index (χ3n) is 3.00. The van der Waals surface area contributed by atoms with E-state index in [4.69, 9.17) is 0 Å². The van der Waals surface area contributed by atoms with Crippen molar-refractivity contribution in [1.82, 2.24) is 0 Å². The van der Waals surface area contributed by atoms with Crippen molar-refractivity contribution in [3.8, 4) is 0 Å². The fourth-order valence-electron chi connectivity index (χ4n) is 1.92. The van der Waals surface area contributed by atoms with Gasteiger partial charge in [-0.1, -0.05) is 44.6 Å². The first-order chi connectivity index (χ1) is 7.63. The Bertz CT molecular complexity index is 222. The topological polar surface area (TPSA) is 0 Å². The molecule has 0 rings (SSSR count). The van der Waals surface area contributed by atoms with Gasteiger partial charge in [-0.3, -0.25) is 0 Å². The van der Waals surface area contributed by atoms with E-state index in [-0.39, 0.29) is 0 Å². The van der Waals surface area contributed by atoms with Gasteiger partial charge >= 0.3 is 0 Å². The highest BCUT2D eigenvalue weighted by Crippen LogP contribution is 2.22. The molecule has 0 spiro atoms. The van der Waals surface area contributed by atoms with E-state index in [0.717, 1.165) is 18.8 Å². The van der Waals surface area contributed by atoms with Crippen molar-refractivity contribution in [2.75, 3.05) is 0 Å². The fraction of sp³-hybridized carbons (Fsp3) is 0.625.